The number of nitrogens with one attached hydrogen (secondary N) is 1. The zero-order chi connectivity index (χ0) is 15.4. The summed E-state index contributed by atoms with van der Waals surface area (Å²) in [6.07, 6.45) is 3.50. The molecule has 0 saturated carbocycles. The summed E-state index contributed by atoms with van der Waals surface area (Å²) >= 11 is 1.52. The van der Waals surface area contributed by atoms with Crippen molar-refractivity contribution in [2.75, 3.05) is 11.9 Å². The van der Waals surface area contributed by atoms with Crippen LogP contribution in [0.2, 0.25) is 0 Å². The fourth-order valence-corrected chi connectivity index (χ4v) is 2.71. The standard InChI is InChI=1S/C16H16N4OS/c1-3-21-13-7-5-8-17-14(13)12-10-22-16(19-12)20-15-11(2)6-4-9-18-15/h4-10H,3H2,1-2H3,(H,18,19,20). The number of hydrogen-bond acceptors (Lipinski definition) is 6. The second-order valence-corrected chi connectivity index (χ2v) is 5.47. The Balaban J connectivity index is 1.87. The Hall–Kier alpha value is -2.47. The zero-order valence-corrected chi connectivity index (χ0v) is 13.2. The Labute approximate surface area is 133 Å². The van der Waals surface area contributed by atoms with E-state index in [-0.39, 0.29) is 0 Å². The third-order valence-electron chi connectivity index (χ3n) is 3.05. The molecule has 0 fully saturated rings. The number of nitrogens with zero attached hydrogens (tertiary/aromatic N) is 3. The van der Waals surface area contributed by atoms with Crippen molar-refractivity contribution < 1.29 is 4.74 Å². The summed E-state index contributed by atoms with van der Waals surface area (Å²) in [5.74, 6) is 1.56. The Bertz CT molecular complexity index is 772. The van der Waals surface area contributed by atoms with Gasteiger partial charge in [-0.2, -0.15) is 0 Å². The van der Waals surface area contributed by atoms with Crippen LogP contribution in [0.5, 0.6) is 5.75 Å². The molecular weight excluding hydrogens is 296 g/mol. The molecule has 0 amide bonds. The lowest BCUT2D eigenvalue weighted by molar-refractivity contribution is 0.340. The first-order chi connectivity index (χ1) is 10.8. The average Bonchev–Trinajstić information content (AvgIpc) is 2.99. The van der Waals surface area contributed by atoms with E-state index in [1.165, 1.54) is 11.3 Å². The first kappa shape index (κ1) is 14.5. The number of aryl methyl sites for hydroxylation is 1. The lowest BCUT2D eigenvalue weighted by Gasteiger charge is -2.06. The fourth-order valence-electron chi connectivity index (χ4n) is 2.01. The summed E-state index contributed by atoms with van der Waals surface area (Å²) in [7, 11) is 0. The van der Waals surface area contributed by atoms with Crippen LogP contribution < -0.4 is 10.1 Å². The van der Waals surface area contributed by atoms with Gasteiger partial charge in [-0.05, 0) is 37.6 Å². The van der Waals surface area contributed by atoms with Gasteiger partial charge in [-0.25, -0.2) is 9.97 Å². The minimum Gasteiger partial charge on any atom is -0.492 e. The van der Waals surface area contributed by atoms with Gasteiger partial charge in [-0.15, -0.1) is 11.3 Å². The smallest absolute Gasteiger partial charge is 0.188 e. The number of thiazole rings is 1. The lowest BCUT2D eigenvalue weighted by atomic mass is 10.2. The highest BCUT2D eigenvalue weighted by atomic mass is 32.1. The first-order valence-corrected chi connectivity index (χ1v) is 7.88. The molecule has 112 valence electrons. The van der Waals surface area contributed by atoms with Crippen molar-refractivity contribution in [1.29, 1.82) is 0 Å². The molecule has 5 nitrogen and oxygen atoms in total. The van der Waals surface area contributed by atoms with Crippen LogP contribution >= 0.6 is 11.3 Å². The van der Waals surface area contributed by atoms with Gasteiger partial charge in [-0.1, -0.05) is 6.07 Å². The topological polar surface area (TPSA) is 59.9 Å². The zero-order valence-electron chi connectivity index (χ0n) is 12.4. The average molecular weight is 312 g/mol. The molecule has 22 heavy (non-hydrogen) atoms. The molecule has 0 radical (unpaired) electrons. The van der Waals surface area contributed by atoms with E-state index in [2.05, 4.69) is 20.3 Å². The number of pyridine rings is 2. The molecule has 0 bridgehead atoms. The van der Waals surface area contributed by atoms with Crippen molar-refractivity contribution in [3.8, 4) is 17.1 Å². The predicted molar refractivity (Wildman–Crippen MR) is 88.8 cm³/mol. The third-order valence-corrected chi connectivity index (χ3v) is 3.81. The molecule has 3 heterocycles. The van der Waals surface area contributed by atoms with Crippen LogP contribution in [0, 0.1) is 6.92 Å². The summed E-state index contributed by atoms with van der Waals surface area (Å²) in [5, 5.41) is 5.99. The van der Waals surface area contributed by atoms with Crippen molar-refractivity contribution in [3.05, 3.63) is 47.6 Å². The van der Waals surface area contributed by atoms with E-state index >= 15 is 0 Å². The Morgan fingerprint density at radius 1 is 1.18 bits per heavy atom. The number of anilines is 2. The minimum atomic E-state index is 0.598. The molecule has 6 heteroatoms. The van der Waals surface area contributed by atoms with Gasteiger partial charge in [0.15, 0.2) is 5.13 Å². The number of rotatable bonds is 5. The molecule has 0 aliphatic rings. The van der Waals surface area contributed by atoms with E-state index in [9.17, 15) is 0 Å². The number of ether oxygens (including phenoxy) is 1. The van der Waals surface area contributed by atoms with Crippen LogP contribution in [0.15, 0.2) is 42.0 Å². The minimum absolute atomic E-state index is 0.598. The van der Waals surface area contributed by atoms with Gasteiger partial charge in [0.2, 0.25) is 0 Å². The molecule has 3 aromatic rings. The van der Waals surface area contributed by atoms with Crippen molar-refractivity contribution in [2.24, 2.45) is 0 Å². The van der Waals surface area contributed by atoms with E-state index < -0.39 is 0 Å². The molecule has 0 saturated heterocycles. The van der Waals surface area contributed by atoms with Crippen molar-refractivity contribution >= 4 is 22.3 Å². The SMILES string of the molecule is CCOc1cccnc1-c1csc(Nc2ncccc2C)n1. The largest absolute Gasteiger partial charge is 0.492 e. The van der Waals surface area contributed by atoms with Gasteiger partial charge in [0, 0.05) is 17.8 Å². The van der Waals surface area contributed by atoms with E-state index in [1.54, 1.807) is 12.4 Å². The quantitative estimate of drug-likeness (QED) is 0.770. The predicted octanol–water partition coefficient (Wildman–Crippen LogP) is 4.05. The molecule has 0 aliphatic heterocycles. The Morgan fingerprint density at radius 2 is 2.00 bits per heavy atom. The van der Waals surface area contributed by atoms with Gasteiger partial charge in [0.25, 0.3) is 0 Å². The Morgan fingerprint density at radius 3 is 2.82 bits per heavy atom. The maximum Gasteiger partial charge on any atom is 0.188 e. The van der Waals surface area contributed by atoms with E-state index in [1.807, 2.05) is 43.5 Å². The molecule has 3 rings (SSSR count). The lowest BCUT2D eigenvalue weighted by Crippen LogP contribution is -1.97. The molecule has 1 N–H and O–H groups in total. The van der Waals surface area contributed by atoms with Crippen LogP contribution in [-0.2, 0) is 0 Å². The van der Waals surface area contributed by atoms with Crippen LogP contribution in [-0.4, -0.2) is 21.6 Å². The number of aromatic nitrogens is 3. The molecular formula is C16H16N4OS. The monoisotopic (exact) mass is 312 g/mol. The highest BCUT2D eigenvalue weighted by molar-refractivity contribution is 7.14. The Kier molecular flexibility index (Phi) is 4.29. The molecule has 0 unspecified atom stereocenters. The van der Waals surface area contributed by atoms with Crippen molar-refractivity contribution in [1.82, 2.24) is 15.0 Å². The second kappa shape index (κ2) is 6.53. The van der Waals surface area contributed by atoms with Crippen LogP contribution in [0.3, 0.4) is 0 Å². The maximum atomic E-state index is 5.61. The molecule has 0 spiro atoms. The van der Waals surface area contributed by atoms with Gasteiger partial charge >= 0.3 is 0 Å². The first-order valence-electron chi connectivity index (χ1n) is 7.00. The summed E-state index contributed by atoms with van der Waals surface area (Å²) in [6, 6.07) is 7.68. The fraction of sp³-hybridized carbons (Fsp3) is 0.188. The summed E-state index contributed by atoms with van der Waals surface area (Å²) in [5.41, 5.74) is 2.63. The summed E-state index contributed by atoms with van der Waals surface area (Å²) in [6.45, 7) is 4.56. The summed E-state index contributed by atoms with van der Waals surface area (Å²) in [4.78, 5) is 13.3. The van der Waals surface area contributed by atoms with Crippen molar-refractivity contribution in [3.63, 3.8) is 0 Å². The van der Waals surface area contributed by atoms with E-state index in [0.717, 1.165) is 33.7 Å². The second-order valence-electron chi connectivity index (χ2n) is 4.61. The normalized spacial score (nSPS) is 10.5. The van der Waals surface area contributed by atoms with Crippen molar-refractivity contribution in [2.45, 2.75) is 13.8 Å². The third kappa shape index (κ3) is 3.07. The molecule has 0 atom stereocenters. The van der Waals surface area contributed by atoms with Crippen LogP contribution in [0.4, 0.5) is 10.9 Å². The maximum absolute atomic E-state index is 5.61. The highest BCUT2D eigenvalue weighted by Crippen LogP contribution is 2.31. The molecule has 0 aliphatic carbocycles. The van der Waals surface area contributed by atoms with Gasteiger partial charge < -0.3 is 10.1 Å². The highest BCUT2D eigenvalue weighted by Gasteiger charge is 2.12. The molecule has 3 aromatic heterocycles. The van der Waals surface area contributed by atoms with E-state index in [4.69, 9.17) is 4.74 Å². The number of hydrogen-bond donors (Lipinski definition) is 1. The summed E-state index contributed by atoms with van der Waals surface area (Å²) < 4.78 is 5.61. The van der Waals surface area contributed by atoms with Gasteiger partial charge in [0.1, 0.15) is 23.0 Å². The van der Waals surface area contributed by atoms with Gasteiger partial charge in [0.05, 0.1) is 6.61 Å². The van der Waals surface area contributed by atoms with Gasteiger partial charge in [-0.3, -0.25) is 4.98 Å². The van der Waals surface area contributed by atoms with Crippen LogP contribution in [0.25, 0.3) is 11.4 Å². The van der Waals surface area contributed by atoms with E-state index in [0.29, 0.717) is 6.61 Å². The molecule has 0 aromatic carbocycles. The van der Waals surface area contributed by atoms with Crippen LogP contribution in [0.1, 0.15) is 12.5 Å².